The quantitative estimate of drug-likeness (QED) is 0.175. The summed E-state index contributed by atoms with van der Waals surface area (Å²) in [5.41, 5.74) is 6.28. The molecule has 1 atom stereocenters. The van der Waals surface area contributed by atoms with Crippen molar-refractivity contribution in [2.45, 2.75) is 31.3 Å². The first-order valence-electron chi connectivity index (χ1n) is 17.1. The third-order valence-electron chi connectivity index (χ3n) is 10.2. The van der Waals surface area contributed by atoms with E-state index in [1.54, 1.807) is 18.6 Å². The summed E-state index contributed by atoms with van der Waals surface area (Å²) in [6.07, 6.45) is 6.98. The number of rotatable bonds is 6. The second kappa shape index (κ2) is 13.1. The maximum absolute atomic E-state index is 14.6. The molecular weight excluding hydrogens is 723 g/mol. The average molecular weight is 754 g/mol. The van der Waals surface area contributed by atoms with Crippen molar-refractivity contribution in [3.63, 3.8) is 0 Å². The monoisotopic (exact) mass is 752 g/mol. The van der Waals surface area contributed by atoms with E-state index in [1.807, 2.05) is 59.5 Å². The number of hydrogen-bond acceptors (Lipinski definition) is 7. The fraction of sp³-hybridized carbons (Fsp3) is 0.237. The van der Waals surface area contributed by atoms with Crippen LogP contribution in [-0.2, 0) is 4.74 Å². The Kier molecular flexibility index (Phi) is 8.29. The molecule has 11 nitrogen and oxygen atoms in total. The SMILES string of the molecule is O=C(Nc1cncnc1N1CCC(N2CCCOC2=O)CC1)c1[nH]c2cc(Cl)cc3c2c1-c1c(-c2ccccc2)ncn1C3c1ccc(Cl)cc1Cl. The number of benzene rings is 3. The molecule has 1 unspecified atom stereocenters. The van der Waals surface area contributed by atoms with Gasteiger partial charge >= 0.3 is 6.09 Å². The molecule has 0 bridgehead atoms. The van der Waals surface area contributed by atoms with Crippen LogP contribution in [0.4, 0.5) is 16.3 Å². The summed E-state index contributed by atoms with van der Waals surface area (Å²) in [7, 11) is 0. The Balaban J connectivity index is 1.12. The van der Waals surface area contributed by atoms with Gasteiger partial charge in [-0.3, -0.25) is 4.79 Å². The number of carbonyl (C=O) groups is 2. The zero-order valence-electron chi connectivity index (χ0n) is 27.7. The van der Waals surface area contributed by atoms with Gasteiger partial charge in [0.15, 0.2) is 5.82 Å². The van der Waals surface area contributed by atoms with Gasteiger partial charge in [-0.2, -0.15) is 0 Å². The number of piperidine rings is 1. The highest BCUT2D eigenvalue weighted by Gasteiger charge is 2.37. The Labute approximate surface area is 313 Å². The number of nitrogens with zero attached hydrogens (tertiary/aromatic N) is 6. The van der Waals surface area contributed by atoms with Gasteiger partial charge < -0.3 is 29.4 Å². The van der Waals surface area contributed by atoms with Crippen LogP contribution in [-0.4, -0.2) is 73.7 Å². The number of halogens is 3. The molecule has 2 amide bonds. The van der Waals surface area contributed by atoms with E-state index in [-0.39, 0.29) is 18.0 Å². The summed E-state index contributed by atoms with van der Waals surface area (Å²) >= 11 is 20.0. The molecule has 3 aromatic heterocycles. The Hall–Kier alpha value is -5.10. The van der Waals surface area contributed by atoms with Gasteiger partial charge in [0.2, 0.25) is 0 Å². The van der Waals surface area contributed by atoms with Crippen LogP contribution >= 0.6 is 34.8 Å². The normalized spacial score (nSPS) is 17.3. The van der Waals surface area contributed by atoms with Crippen LogP contribution < -0.4 is 10.2 Å². The molecule has 14 heteroatoms. The number of amides is 2. The van der Waals surface area contributed by atoms with E-state index in [0.717, 1.165) is 52.7 Å². The first-order valence-corrected chi connectivity index (χ1v) is 18.2. The van der Waals surface area contributed by atoms with Crippen LogP contribution in [0.1, 0.15) is 46.9 Å². The summed E-state index contributed by atoms with van der Waals surface area (Å²) in [5.74, 6) is 0.244. The molecule has 3 aliphatic heterocycles. The number of ether oxygens (including phenoxy) is 1. The van der Waals surface area contributed by atoms with Crippen LogP contribution in [0.2, 0.25) is 15.1 Å². The molecule has 9 rings (SSSR count). The number of anilines is 2. The second-order valence-corrected chi connectivity index (χ2v) is 14.4. The molecule has 0 spiro atoms. The highest BCUT2D eigenvalue weighted by molar-refractivity contribution is 6.35. The van der Waals surface area contributed by atoms with Gasteiger partial charge in [-0.25, -0.2) is 19.7 Å². The van der Waals surface area contributed by atoms with Gasteiger partial charge in [-0.1, -0.05) is 71.2 Å². The maximum atomic E-state index is 14.6. The smallest absolute Gasteiger partial charge is 0.410 e. The van der Waals surface area contributed by atoms with Crippen LogP contribution in [0, 0.1) is 0 Å². The molecule has 6 aromatic rings. The van der Waals surface area contributed by atoms with Crippen molar-refractivity contribution in [2.75, 3.05) is 36.5 Å². The molecule has 3 aliphatic rings. The zero-order chi connectivity index (χ0) is 35.5. The van der Waals surface area contributed by atoms with Crippen LogP contribution in [0.5, 0.6) is 0 Å². The molecule has 2 saturated heterocycles. The molecule has 52 heavy (non-hydrogen) atoms. The molecule has 0 aliphatic carbocycles. The van der Waals surface area contributed by atoms with Crippen molar-refractivity contribution in [2.24, 2.45) is 0 Å². The summed E-state index contributed by atoms with van der Waals surface area (Å²) in [6, 6.07) is 18.8. The minimum absolute atomic E-state index is 0.0969. The van der Waals surface area contributed by atoms with Gasteiger partial charge in [0.05, 0.1) is 36.6 Å². The summed E-state index contributed by atoms with van der Waals surface area (Å²) in [5, 5.41) is 5.50. The topological polar surface area (TPSA) is 121 Å². The molecule has 262 valence electrons. The Bertz CT molecular complexity index is 2370. The summed E-state index contributed by atoms with van der Waals surface area (Å²) in [4.78, 5) is 48.1. The maximum Gasteiger partial charge on any atom is 0.410 e. The number of aromatic amines is 1. The number of cyclic esters (lactones) is 1. The molecule has 3 aromatic carbocycles. The average Bonchev–Trinajstić information content (AvgIpc) is 3.76. The van der Waals surface area contributed by atoms with Crippen molar-refractivity contribution >= 4 is 69.2 Å². The predicted molar refractivity (Wildman–Crippen MR) is 202 cm³/mol. The van der Waals surface area contributed by atoms with Crippen LogP contribution in [0.25, 0.3) is 33.4 Å². The van der Waals surface area contributed by atoms with E-state index in [0.29, 0.717) is 69.6 Å². The van der Waals surface area contributed by atoms with Crippen molar-refractivity contribution in [3.05, 3.63) is 111 Å². The highest BCUT2D eigenvalue weighted by Crippen LogP contribution is 2.50. The van der Waals surface area contributed by atoms with Gasteiger partial charge in [-0.15, -0.1) is 0 Å². The van der Waals surface area contributed by atoms with E-state index >= 15 is 0 Å². The second-order valence-electron chi connectivity index (χ2n) is 13.2. The van der Waals surface area contributed by atoms with Crippen molar-refractivity contribution in [3.8, 4) is 22.5 Å². The number of aromatic nitrogens is 5. The molecule has 6 heterocycles. The molecule has 2 N–H and O–H groups in total. The number of nitrogens with one attached hydrogen (secondary N) is 2. The Morgan fingerprint density at radius 3 is 2.56 bits per heavy atom. The summed E-state index contributed by atoms with van der Waals surface area (Å²) in [6.45, 7) is 2.48. The Morgan fingerprint density at radius 1 is 0.942 bits per heavy atom. The van der Waals surface area contributed by atoms with E-state index in [1.165, 1.54) is 6.33 Å². The van der Waals surface area contributed by atoms with E-state index in [9.17, 15) is 9.59 Å². The number of hydrogen-bond donors (Lipinski definition) is 2. The van der Waals surface area contributed by atoms with Gasteiger partial charge in [0.1, 0.15) is 17.7 Å². The van der Waals surface area contributed by atoms with Crippen LogP contribution in [0.15, 0.2) is 79.5 Å². The largest absolute Gasteiger partial charge is 0.449 e. The van der Waals surface area contributed by atoms with E-state index in [2.05, 4.69) is 29.7 Å². The number of imidazole rings is 1. The van der Waals surface area contributed by atoms with Crippen LogP contribution in [0.3, 0.4) is 0 Å². The van der Waals surface area contributed by atoms with Gasteiger partial charge in [-0.05, 0) is 54.7 Å². The first kappa shape index (κ1) is 32.8. The van der Waals surface area contributed by atoms with Crippen molar-refractivity contribution < 1.29 is 14.3 Å². The third kappa shape index (κ3) is 5.55. The zero-order valence-corrected chi connectivity index (χ0v) is 29.9. The van der Waals surface area contributed by atoms with Gasteiger partial charge in [0.25, 0.3) is 5.91 Å². The number of H-pyrrole nitrogens is 1. The highest BCUT2D eigenvalue weighted by atomic mass is 35.5. The number of carbonyl (C=O) groups excluding carboxylic acids is 2. The number of fused-ring (bicyclic) bond motifs is 2. The lowest BCUT2D eigenvalue weighted by atomic mass is 9.87. The lowest BCUT2D eigenvalue weighted by Gasteiger charge is -2.40. The van der Waals surface area contributed by atoms with Gasteiger partial charge in [0, 0.05) is 62.8 Å². The minimum atomic E-state index is -0.408. The molecule has 2 fully saturated rings. The predicted octanol–water partition coefficient (Wildman–Crippen LogP) is 8.46. The van der Waals surface area contributed by atoms with E-state index in [4.69, 9.17) is 44.5 Å². The lowest BCUT2D eigenvalue weighted by molar-refractivity contribution is 0.0499. The summed E-state index contributed by atoms with van der Waals surface area (Å²) < 4.78 is 7.34. The fourth-order valence-corrected chi connectivity index (χ4v) is 8.63. The van der Waals surface area contributed by atoms with Crippen molar-refractivity contribution in [1.29, 1.82) is 0 Å². The molecule has 0 radical (unpaired) electrons. The lowest BCUT2D eigenvalue weighted by Crippen LogP contribution is -2.50. The minimum Gasteiger partial charge on any atom is -0.449 e. The molecule has 0 saturated carbocycles. The van der Waals surface area contributed by atoms with Crippen molar-refractivity contribution in [1.82, 2.24) is 29.4 Å². The first-order chi connectivity index (χ1) is 25.4. The molecular formula is C38H31Cl3N8O3. The third-order valence-corrected chi connectivity index (χ3v) is 11.0. The fourth-order valence-electron chi connectivity index (χ4n) is 7.89. The standard InChI is InChI=1S/C38H31Cl3N8O3/c39-22-7-8-25(27(41)16-22)34-26-15-23(40)17-28-30(26)31(35-32(44-20-49(34)35)21-5-2-1-3-6-21)33(45-28)37(50)46-29-18-42-19-43-36(29)47-12-9-24(10-13-47)48-11-4-14-52-38(48)51/h1-3,5-8,15-20,24,34,45H,4,9-14H2,(H,46,50). The Morgan fingerprint density at radius 2 is 1.77 bits per heavy atom. The van der Waals surface area contributed by atoms with E-state index < -0.39 is 6.04 Å².